The van der Waals surface area contributed by atoms with Crippen molar-refractivity contribution in [2.24, 2.45) is 0 Å². The van der Waals surface area contributed by atoms with Crippen LogP contribution in [0.25, 0.3) is 0 Å². The number of anilines is 1. The summed E-state index contributed by atoms with van der Waals surface area (Å²) in [6, 6.07) is 5.88. The predicted molar refractivity (Wildman–Crippen MR) is 69.0 cm³/mol. The second kappa shape index (κ2) is 5.30. The number of nitrogen functional groups attached to an aromatic ring is 1. The fraction of sp³-hybridized carbons (Fsp3) is 0.167. The van der Waals surface area contributed by atoms with Crippen LogP contribution in [-0.4, -0.2) is 14.9 Å². The summed E-state index contributed by atoms with van der Waals surface area (Å²) >= 11 is 0. The number of benzene rings is 1. The number of nitrogens with two attached hydrogens (primary N) is 1. The highest BCUT2D eigenvalue weighted by atomic mass is 16.6. The number of rotatable bonds is 4. The molecule has 0 amide bonds. The third kappa shape index (κ3) is 2.76. The smallest absolute Gasteiger partial charge is 0.273 e. The molecule has 0 aliphatic rings. The largest absolute Gasteiger partial charge is 0.438 e. The van der Waals surface area contributed by atoms with E-state index in [1.807, 2.05) is 6.92 Å². The summed E-state index contributed by atoms with van der Waals surface area (Å²) in [4.78, 5) is 18.1. The number of hydrogen-bond acceptors (Lipinski definition) is 6. The van der Waals surface area contributed by atoms with Crippen LogP contribution in [-0.2, 0) is 6.42 Å². The highest BCUT2D eigenvalue weighted by Crippen LogP contribution is 2.28. The maximum Gasteiger partial charge on any atom is 0.273 e. The molecule has 0 fully saturated rings. The lowest BCUT2D eigenvalue weighted by Gasteiger charge is -2.09. The molecule has 0 atom stereocenters. The molecule has 1 aromatic heterocycles. The SMILES string of the molecule is CCc1c(N)ncnc1Oc1cccc([N+](=O)[O-])c1. The Labute approximate surface area is 109 Å². The van der Waals surface area contributed by atoms with Crippen LogP contribution >= 0.6 is 0 Å². The molecule has 0 saturated carbocycles. The molecule has 0 aliphatic carbocycles. The van der Waals surface area contributed by atoms with Crippen molar-refractivity contribution < 1.29 is 9.66 Å². The minimum Gasteiger partial charge on any atom is -0.438 e. The summed E-state index contributed by atoms with van der Waals surface area (Å²) in [5.74, 6) is 0.996. The van der Waals surface area contributed by atoms with Crippen molar-refractivity contribution in [2.45, 2.75) is 13.3 Å². The molecule has 0 saturated heterocycles. The molecule has 0 spiro atoms. The van der Waals surface area contributed by atoms with E-state index in [9.17, 15) is 10.1 Å². The quantitative estimate of drug-likeness (QED) is 0.668. The Morgan fingerprint density at radius 2 is 2.21 bits per heavy atom. The molecule has 2 N–H and O–H groups in total. The second-order valence-electron chi connectivity index (χ2n) is 3.75. The van der Waals surface area contributed by atoms with E-state index in [0.29, 0.717) is 29.4 Å². The van der Waals surface area contributed by atoms with Gasteiger partial charge in [-0.25, -0.2) is 9.97 Å². The first-order valence-corrected chi connectivity index (χ1v) is 5.63. The Morgan fingerprint density at radius 3 is 2.89 bits per heavy atom. The van der Waals surface area contributed by atoms with Crippen LogP contribution in [0, 0.1) is 10.1 Å². The maximum absolute atomic E-state index is 10.7. The number of aromatic nitrogens is 2. The van der Waals surface area contributed by atoms with E-state index in [2.05, 4.69) is 9.97 Å². The summed E-state index contributed by atoms with van der Waals surface area (Å²) in [7, 11) is 0. The van der Waals surface area contributed by atoms with E-state index in [1.54, 1.807) is 12.1 Å². The van der Waals surface area contributed by atoms with Gasteiger partial charge in [-0.1, -0.05) is 13.0 Å². The zero-order chi connectivity index (χ0) is 13.8. The van der Waals surface area contributed by atoms with Gasteiger partial charge in [0, 0.05) is 6.07 Å². The van der Waals surface area contributed by atoms with E-state index in [4.69, 9.17) is 10.5 Å². The van der Waals surface area contributed by atoms with Crippen LogP contribution in [0.15, 0.2) is 30.6 Å². The van der Waals surface area contributed by atoms with Crippen LogP contribution in [0.1, 0.15) is 12.5 Å². The van der Waals surface area contributed by atoms with Crippen molar-refractivity contribution in [3.8, 4) is 11.6 Å². The molecular formula is C12H12N4O3. The van der Waals surface area contributed by atoms with E-state index in [1.165, 1.54) is 18.5 Å². The molecule has 1 heterocycles. The first-order valence-electron chi connectivity index (χ1n) is 5.63. The first-order chi connectivity index (χ1) is 9.11. The number of nitrogens with zero attached hydrogens (tertiary/aromatic N) is 3. The van der Waals surface area contributed by atoms with Crippen LogP contribution in [0.5, 0.6) is 11.6 Å². The van der Waals surface area contributed by atoms with E-state index < -0.39 is 4.92 Å². The standard InChI is InChI=1S/C12H12N4O3/c1-2-10-11(13)14-7-15-12(10)19-9-5-3-4-8(6-9)16(17)18/h3-7H,2H2,1H3,(H2,13,14,15). The normalized spacial score (nSPS) is 10.2. The van der Waals surface area contributed by atoms with Crippen molar-refractivity contribution >= 4 is 11.5 Å². The lowest BCUT2D eigenvalue weighted by molar-refractivity contribution is -0.384. The van der Waals surface area contributed by atoms with Gasteiger partial charge in [0.15, 0.2) is 0 Å². The van der Waals surface area contributed by atoms with Crippen molar-refractivity contribution in [3.05, 3.63) is 46.3 Å². The van der Waals surface area contributed by atoms with Gasteiger partial charge in [0.2, 0.25) is 5.88 Å². The molecule has 0 aliphatic heterocycles. The summed E-state index contributed by atoms with van der Waals surface area (Å²) in [5.41, 5.74) is 6.36. The van der Waals surface area contributed by atoms with Gasteiger partial charge < -0.3 is 10.5 Å². The van der Waals surface area contributed by atoms with Crippen LogP contribution in [0.4, 0.5) is 11.5 Å². The van der Waals surface area contributed by atoms with Gasteiger partial charge in [-0.15, -0.1) is 0 Å². The fourth-order valence-corrected chi connectivity index (χ4v) is 1.60. The third-order valence-electron chi connectivity index (χ3n) is 2.54. The molecule has 0 radical (unpaired) electrons. The molecule has 2 aromatic rings. The van der Waals surface area contributed by atoms with Gasteiger partial charge in [0.25, 0.3) is 5.69 Å². The molecule has 0 unspecified atom stereocenters. The van der Waals surface area contributed by atoms with Gasteiger partial charge in [-0.2, -0.15) is 0 Å². The minimum atomic E-state index is -0.484. The fourth-order valence-electron chi connectivity index (χ4n) is 1.60. The molecular weight excluding hydrogens is 248 g/mol. The molecule has 0 bridgehead atoms. The summed E-state index contributed by atoms with van der Waals surface area (Å²) in [5, 5.41) is 10.7. The maximum atomic E-state index is 10.7. The summed E-state index contributed by atoms with van der Waals surface area (Å²) < 4.78 is 5.54. The highest BCUT2D eigenvalue weighted by molar-refractivity contribution is 5.47. The average molecular weight is 260 g/mol. The lowest BCUT2D eigenvalue weighted by Crippen LogP contribution is -2.01. The Morgan fingerprint density at radius 1 is 1.42 bits per heavy atom. The number of nitro benzene ring substituents is 1. The number of non-ortho nitro benzene ring substituents is 1. The number of nitro groups is 1. The molecule has 7 heteroatoms. The molecule has 7 nitrogen and oxygen atoms in total. The third-order valence-corrected chi connectivity index (χ3v) is 2.54. The van der Waals surface area contributed by atoms with Gasteiger partial charge in [-0.05, 0) is 12.5 Å². The average Bonchev–Trinajstić information content (AvgIpc) is 2.39. The summed E-state index contributed by atoms with van der Waals surface area (Å²) in [6.07, 6.45) is 1.90. The zero-order valence-electron chi connectivity index (χ0n) is 10.2. The number of hydrogen-bond donors (Lipinski definition) is 1. The van der Waals surface area contributed by atoms with Crippen molar-refractivity contribution in [2.75, 3.05) is 5.73 Å². The van der Waals surface area contributed by atoms with Crippen LogP contribution < -0.4 is 10.5 Å². The second-order valence-corrected chi connectivity index (χ2v) is 3.75. The van der Waals surface area contributed by atoms with Gasteiger partial charge in [0.1, 0.15) is 17.9 Å². The highest BCUT2D eigenvalue weighted by Gasteiger charge is 2.12. The Bertz CT molecular complexity index is 616. The van der Waals surface area contributed by atoms with Gasteiger partial charge >= 0.3 is 0 Å². The van der Waals surface area contributed by atoms with E-state index in [0.717, 1.165) is 0 Å². The van der Waals surface area contributed by atoms with Gasteiger partial charge in [0.05, 0.1) is 16.6 Å². The van der Waals surface area contributed by atoms with Gasteiger partial charge in [-0.3, -0.25) is 10.1 Å². The molecule has 2 rings (SSSR count). The van der Waals surface area contributed by atoms with E-state index in [-0.39, 0.29) is 5.69 Å². The Hall–Kier alpha value is -2.70. The molecule has 98 valence electrons. The molecule has 19 heavy (non-hydrogen) atoms. The Balaban J connectivity index is 2.33. The van der Waals surface area contributed by atoms with Crippen molar-refractivity contribution in [3.63, 3.8) is 0 Å². The minimum absolute atomic E-state index is 0.0439. The predicted octanol–water partition coefficient (Wildman–Crippen LogP) is 2.32. The lowest BCUT2D eigenvalue weighted by atomic mass is 10.2. The van der Waals surface area contributed by atoms with Crippen LogP contribution in [0.2, 0.25) is 0 Å². The van der Waals surface area contributed by atoms with Crippen molar-refractivity contribution in [1.82, 2.24) is 9.97 Å². The van der Waals surface area contributed by atoms with E-state index >= 15 is 0 Å². The Kier molecular flexibility index (Phi) is 3.56. The zero-order valence-corrected chi connectivity index (χ0v) is 10.2. The monoisotopic (exact) mass is 260 g/mol. The first kappa shape index (κ1) is 12.7. The molecule has 1 aromatic carbocycles. The number of ether oxygens (including phenoxy) is 1. The summed E-state index contributed by atoms with van der Waals surface area (Å²) in [6.45, 7) is 1.90. The van der Waals surface area contributed by atoms with Crippen LogP contribution in [0.3, 0.4) is 0 Å². The van der Waals surface area contributed by atoms with Crippen molar-refractivity contribution in [1.29, 1.82) is 0 Å². The topological polar surface area (TPSA) is 104 Å².